The van der Waals surface area contributed by atoms with Crippen LogP contribution in [0.4, 0.5) is 13.2 Å². The molecule has 0 unspecified atom stereocenters. The summed E-state index contributed by atoms with van der Waals surface area (Å²) in [5, 5.41) is 29.1. The molecule has 2 aromatic rings. The lowest BCUT2D eigenvalue weighted by molar-refractivity contribution is -0.137. The molecule has 28 heavy (non-hydrogen) atoms. The van der Waals surface area contributed by atoms with Crippen LogP contribution in [-0.4, -0.2) is 44.9 Å². The molecule has 0 radical (unpaired) electrons. The van der Waals surface area contributed by atoms with Crippen molar-refractivity contribution in [3.63, 3.8) is 0 Å². The predicted molar refractivity (Wildman–Crippen MR) is 96.5 cm³/mol. The van der Waals surface area contributed by atoms with Crippen LogP contribution in [0.25, 0.3) is 11.3 Å². The number of alkyl halides is 3. The maximum absolute atomic E-state index is 12.8. The average Bonchev–Trinajstić information content (AvgIpc) is 2.68. The summed E-state index contributed by atoms with van der Waals surface area (Å²) in [7, 11) is 0. The standard InChI is InChI=1S/C20H22F3N3O2/c1-11-8-16(19(28)15-10-26-6-4-12(15)5-7-26)24-25-18(11)14-3-2-13(9-17(14)27)20(21,22)23/h2-3,8-9,12,15,19,27-28H,4-7,10H2,1H3/t15-,19+/m1/s1. The summed E-state index contributed by atoms with van der Waals surface area (Å²) in [5.74, 6) is 0.0835. The molecule has 4 heterocycles. The Balaban J connectivity index is 1.60. The summed E-state index contributed by atoms with van der Waals surface area (Å²) in [6, 6.07) is 4.50. The quantitative estimate of drug-likeness (QED) is 0.835. The first kappa shape index (κ1) is 19.1. The van der Waals surface area contributed by atoms with Crippen molar-refractivity contribution in [1.29, 1.82) is 0 Å². The summed E-state index contributed by atoms with van der Waals surface area (Å²) < 4.78 is 38.4. The Bertz CT molecular complexity index is 879. The third-order valence-electron chi connectivity index (χ3n) is 6.00. The number of rotatable bonds is 3. The fraction of sp³-hybridized carbons (Fsp3) is 0.500. The molecule has 8 heteroatoms. The van der Waals surface area contributed by atoms with Crippen LogP contribution in [0, 0.1) is 18.8 Å². The summed E-state index contributed by atoms with van der Waals surface area (Å²) >= 11 is 0. The molecule has 0 amide bonds. The number of hydrogen-bond acceptors (Lipinski definition) is 5. The summed E-state index contributed by atoms with van der Waals surface area (Å²) in [6.45, 7) is 4.73. The van der Waals surface area contributed by atoms with E-state index in [1.54, 1.807) is 13.0 Å². The lowest BCUT2D eigenvalue weighted by atomic mass is 9.75. The molecule has 0 saturated carbocycles. The molecular weight excluding hydrogens is 371 g/mol. The van der Waals surface area contributed by atoms with Crippen LogP contribution >= 0.6 is 0 Å². The van der Waals surface area contributed by atoms with Crippen molar-refractivity contribution >= 4 is 0 Å². The first-order valence-electron chi connectivity index (χ1n) is 9.39. The number of aliphatic hydroxyl groups is 1. The molecule has 0 spiro atoms. The molecule has 5 nitrogen and oxygen atoms in total. The molecule has 2 atom stereocenters. The summed E-state index contributed by atoms with van der Waals surface area (Å²) in [4.78, 5) is 2.35. The maximum atomic E-state index is 12.8. The molecule has 2 N–H and O–H groups in total. The van der Waals surface area contributed by atoms with E-state index in [2.05, 4.69) is 15.1 Å². The van der Waals surface area contributed by atoms with Gasteiger partial charge in [0.2, 0.25) is 0 Å². The number of aromatic nitrogens is 2. The highest BCUT2D eigenvalue weighted by atomic mass is 19.4. The van der Waals surface area contributed by atoms with E-state index in [4.69, 9.17) is 0 Å². The molecule has 1 aromatic heterocycles. The predicted octanol–water partition coefficient (Wildman–Crippen LogP) is 3.55. The van der Waals surface area contributed by atoms with Crippen molar-refractivity contribution in [2.24, 2.45) is 11.8 Å². The van der Waals surface area contributed by atoms with E-state index >= 15 is 0 Å². The molecular formula is C20H22F3N3O2. The molecule has 150 valence electrons. The van der Waals surface area contributed by atoms with Gasteiger partial charge in [-0.15, -0.1) is 5.10 Å². The number of aliphatic hydroxyl groups excluding tert-OH is 1. The number of benzene rings is 1. The van der Waals surface area contributed by atoms with Gasteiger partial charge in [-0.3, -0.25) is 0 Å². The molecule has 1 aromatic carbocycles. The van der Waals surface area contributed by atoms with E-state index in [9.17, 15) is 23.4 Å². The second-order valence-electron chi connectivity index (χ2n) is 7.78. The first-order valence-corrected chi connectivity index (χ1v) is 9.39. The second-order valence-corrected chi connectivity index (χ2v) is 7.78. The van der Waals surface area contributed by atoms with Crippen molar-refractivity contribution in [2.75, 3.05) is 19.6 Å². The molecule has 0 aliphatic carbocycles. The Morgan fingerprint density at radius 1 is 1.14 bits per heavy atom. The van der Waals surface area contributed by atoms with Crippen molar-refractivity contribution in [1.82, 2.24) is 15.1 Å². The van der Waals surface area contributed by atoms with Gasteiger partial charge in [0.15, 0.2) is 0 Å². The normalized spacial score (nSPS) is 25.7. The third kappa shape index (κ3) is 3.46. The largest absolute Gasteiger partial charge is 0.507 e. The van der Waals surface area contributed by atoms with Gasteiger partial charge in [-0.05, 0) is 68.6 Å². The number of piperidine rings is 3. The van der Waals surface area contributed by atoms with Crippen molar-refractivity contribution < 1.29 is 23.4 Å². The number of aromatic hydroxyl groups is 1. The molecule has 3 aliphatic rings. The summed E-state index contributed by atoms with van der Waals surface area (Å²) in [5.41, 5.74) is 0.665. The van der Waals surface area contributed by atoms with Crippen LogP contribution in [0.2, 0.25) is 0 Å². The SMILES string of the molecule is Cc1cc([C@@H](O)[C@@H]2CN3CCC2CC3)nnc1-c1ccc(C(F)(F)F)cc1O. The number of aryl methyl sites for hydroxylation is 1. The third-order valence-corrected chi connectivity index (χ3v) is 6.00. The Kier molecular flexibility index (Phi) is 4.79. The van der Waals surface area contributed by atoms with E-state index in [0.29, 0.717) is 28.9 Å². The maximum Gasteiger partial charge on any atom is 0.416 e. The van der Waals surface area contributed by atoms with Gasteiger partial charge >= 0.3 is 6.18 Å². The molecule has 3 saturated heterocycles. The average molecular weight is 393 g/mol. The van der Waals surface area contributed by atoms with Crippen molar-refractivity contribution in [2.45, 2.75) is 32.0 Å². The lowest BCUT2D eigenvalue weighted by Gasteiger charge is -2.46. The highest BCUT2D eigenvalue weighted by Crippen LogP contribution is 2.40. The van der Waals surface area contributed by atoms with Gasteiger partial charge < -0.3 is 15.1 Å². The van der Waals surface area contributed by atoms with Crippen LogP contribution in [-0.2, 0) is 6.18 Å². The minimum Gasteiger partial charge on any atom is -0.507 e. The zero-order valence-electron chi connectivity index (χ0n) is 15.4. The van der Waals surface area contributed by atoms with Gasteiger partial charge in [-0.2, -0.15) is 18.3 Å². The summed E-state index contributed by atoms with van der Waals surface area (Å²) in [6.07, 6.45) is -3.10. The zero-order valence-corrected chi connectivity index (χ0v) is 15.4. The smallest absolute Gasteiger partial charge is 0.416 e. The van der Waals surface area contributed by atoms with Gasteiger partial charge in [-0.25, -0.2) is 0 Å². The monoisotopic (exact) mass is 393 g/mol. The molecule has 3 aliphatic heterocycles. The fourth-order valence-corrected chi connectivity index (χ4v) is 4.41. The van der Waals surface area contributed by atoms with Gasteiger partial charge in [0, 0.05) is 18.0 Å². The lowest BCUT2D eigenvalue weighted by Crippen LogP contribution is -2.49. The topological polar surface area (TPSA) is 69.5 Å². The Hall–Kier alpha value is -2.19. The van der Waals surface area contributed by atoms with Gasteiger partial charge in [0.25, 0.3) is 0 Å². The van der Waals surface area contributed by atoms with Crippen LogP contribution in [0.3, 0.4) is 0 Å². The van der Waals surface area contributed by atoms with E-state index in [1.165, 1.54) is 6.07 Å². The molecule has 5 rings (SSSR count). The Labute approximate surface area is 160 Å². The number of fused-ring (bicyclic) bond motifs is 3. The Morgan fingerprint density at radius 3 is 2.39 bits per heavy atom. The zero-order chi connectivity index (χ0) is 20.1. The number of phenolic OH excluding ortho intramolecular Hbond substituents is 1. The van der Waals surface area contributed by atoms with E-state index in [0.717, 1.165) is 38.5 Å². The number of phenols is 1. The van der Waals surface area contributed by atoms with Crippen LogP contribution < -0.4 is 0 Å². The van der Waals surface area contributed by atoms with Crippen LogP contribution in [0.1, 0.15) is 35.8 Å². The van der Waals surface area contributed by atoms with Gasteiger partial charge in [-0.1, -0.05) is 0 Å². The highest BCUT2D eigenvalue weighted by Gasteiger charge is 2.39. The Morgan fingerprint density at radius 2 is 1.86 bits per heavy atom. The van der Waals surface area contributed by atoms with Gasteiger partial charge in [0.05, 0.1) is 17.0 Å². The number of hydrogen-bond donors (Lipinski definition) is 2. The van der Waals surface area contributed by atoms with Gasteiger partial charge in [0.1, 0.15) is 11.9 Å². The fourth-order valence-electron chi connectivity index (χ4n) is 4.41. The van der Waals surface area contributed by atoms with E-state index in [-0.39, 0.29) is 11.5 Å². The highest BCUT2D eigenvalue weighted by molar-refractivity contribution is 5.69. The minimum absolute atomic E-state index is 0.113. The van der Waals surface area contributed by atoms with Crippen LogP contribution in [0.5, 0.6) is 5.75 Å². The number of nitrogens with zero attached hydrogens (tertiary/aromatic N) is 3. The van der Waals surface area contributed by atoms with Crippen molar-refractivity contribution in [3.8, 4) is 17.0 Å². The number of halogens is 3. The molecule has 2 bridgehead atoms. The van der Waals surface area contributed by atoms with E-state index < -0.39 is 23.6 Å². The van der Waals surface area contributed by atoms with Crippen LogP contribution in [0.15, 0.2) is 24.3 Å². The second kappa shape index (κ2) is 7.00. The first-order chi connectivity index (χ1) is 13.2. The van der Waals surface area contributed by atoms with E-state index in [1.807, 2.05) is 0 Å². The minimum atomic E-state index is -4.53. The molecule has 3 fully saturated rings. The van der Waals surface area contributed by atoms with Crippen molar-refractivity contribution in [3.05, 3.63) is 41.1 Å².